The summed E-state index contributed by atoms with van der Waals surface area (Å²) in [6, 6.07) is 12.2. The molecule has 2 aliphatic heterocycles. The highest BCUT2D eigenvalue weighted by Crippen LogP contribution is 2.18. The van der Waals surface area contributed by atoms with Gasteiger partial charge in [-0.15, -0.1) is 0 Å². The molecule has 3 heterocycles. The van der Waals surface area contributed by atoms with Crippen LogP contribution in [0, 0.1) is 13.8 Å². The maximum Gasteiger partial charge on any atom is 0.287 e. The number of carbonyl (C=O) groups excluding carboxylic acids is 2. The van der Waals surface area contributed by atoms with Gasteiger partial charge in [0.25, 0.3) is 5.91 Å². The fourth-order valence-electron chi connectivity index (χ4n) is 4.38. The molecule has 2 amide bonds. The van der Waals surface area contributed by atoms with Gasteiger partial charge in [0.2, 0.25) is 5.91 Å². The molecular formula is C24H32N4O3. The SMILES string of the molecule is Cc1cccc(N2CCN(C(=O)CN3CCC(NC(=O)c4ccc(C)o4)CC3)CC2)c1. The van der Waals surface area contributed by atoms with E-state index in [2.05, 4.69) is 46.3 Å². The van der Waals surface area contributed by atoms with E-state index in [-0.39, 0.29) is 17.9 Å². The zero-order valence-corrected chi connectivity index (χ0v) is 18.5. The molecule has 2 aliphatic rings. The summed E-state index contributed by atoms with van der Waals surface area (Å²) in [6.07, 6.45) is 1.69. The van der Waals surface area contributed by atoms with Gasteiger partial charge in [-0.2, -0.15) is 0 Å². The molecule has 4 rings (SSSR count). The monoisotopic (exact) mass is 424 g/mol. The van der Waals surface area contributed by atoms with Gasteiger partial charge < -0.3 is 19.5 Å². The largest absolute Gasteiger partial charge is 0.456 e. The van der Waals surface area contributed by atoms with Crippen LogP contribution in [0.5, 0.6) is 0 Å². The van der Waals surface area contributed by atoms with Crippen molar-refractivity contribution in [3.8, 4) is 0 Å². The van der Waals surface area contributed by atoms with E-state index in [1.807, 2.05) is 11.8 Å². The van der Waals surface area contributed by atoms with Crippen LogP contribution in [0.4, 0.5) is 5.69 Å². The third-order valence-corrected chi connectivity index (χ3v) is 6.24. The Kier molecular flexibility index (Phi) is 6.61. The Labute approximate surface area is 184 Å². The highest BCUT2D eigenvalue weighted by Gasteiger charge is 2.26. The summed E-state index contributed by atoms with van der Waals surface area (Å²) in [7, 11) is 0. The van der Waals surface area contributed by atoms with Crippen molar-refractivity contribution in [2.75, 3.05) is 50.7 Å². The number of likely N-dealkylation sites (tertiary alicyclic amines) is 1. The van der Waals surface area contributed by atoms with E-state index in [1.165, 1.54) is 11.3 Å². The summed E-state index contributed by atoms with van der Waals surface area (Å²) in [5.41, 5.74) is 2.50. The van der Waals surface area contributed by atoms with Crippen molar-refractivity contribution >= 4 is 17.5 Å². The molecule has 2 saturated heterocycles. The van der Waals surface area contributed by atoms with Gasteiger partial charge >= 0.3 is 0 Å². The predicted molar refractivity (Wildman–Crippen MR) is 120 cm³/mol. The number of carbonyl (C=O) groups is 2. The maximum absolute atomic E-state index is 12.8. The van der Waals surface area contributed by atoms with Gasteiger partial charge in [0.05, 0.1) is 6.54 Å². The van der Waals surface area contributed by atoms with Crippen LogP contribution in [-0.2, 0) is 4.79 Å². The van der Waals surface area contributed by atoms with Crippen LogP contribution in [0.15, 0.2) is 40.8 Å². The summed E-state index contributed by atoms with van der Waals surface area (Å²) in [5.74, 6) is 1.14. The number of aryl methyl sites for hydroxylation is 2. The molecule has 2 aromatic rings. The molecule has 0 aliphatic carbocycles. The second-order valence-electron chi connectivity index (χ2n) is 8.64. The highest BCUT2D eigenvalue weighted by molar-refractivity contribution is 5.91. The van der Waals surface area contributed by atoms with Gasteiger partial charge in [0.15, 0.2) is 5.76 Å². The maximum atomic E-state index is 12.8. The summed E-state index contributed by atoms with van der Waals surface area (Å²) in [4.78, 5) is 31.6. The van der Waals surface area contributed by atoms with E-state index >= 15 is 0 Å². The van der Waals surface area contributed by atoms with E-state index < -0.39 is 0 Å². The number of furan rings is 1. The average molecular weight is 425 g/mol. The summed E-state index contributed by atoms with van der Waals surface area (Å²) in [6.45, 7) is 9.30. The van der Waals surface area contributed by atoms with Crippen molar-refractivity contribution in [3.63, 3.8) is 0 Å². The number of nitrogens with zero attached hydrogens (tertiary/aromatic N) is 3. The van der Waals surface area contributed by atoms with Crippen LogP contribution in [0.2, 0.25) is 0 Å². The Morgan fingerprint density at radius 3 is 2.39 bits per heavy atom. The Balaban J connectivity index is 1.19. The second-order valence-corrected chi connectivity index (χ2v) is 8.64. The number of benzene rings is 1. The fraction of sp³-hybridized carbons (Fsp3) is 0.500. The van der Waals surface area contributed by atoms with E-state index in [0.717, 1.165) is 57.9 Å². The molecule has 166 valence electrons. The minimum absolute atomic E-state index is 0.127. The smallest absolute Gasteiger partial charge is 0.287 e. The second kappa shape index (κ2) is 9.56. The topological polar surface area (TPSA) is 69.0 Å². The first-order valence-corrected chi connectivity index (χ1v) is 11.2. The number of piperidine rings is 1. The zero-order chi connectivity index (χ0) is 21.8. The van der Waals surface area contributed by atoms with Crippen LogP contribution < -0.4 is 10.2 Å². The Morgan fingerprint density at radius 2 is 1.74 bits per heavy atom. The summed E-state index contributed by atoms with van der Waals surface area (Å²) >= 11 is 0. The minimum atomic E-state index is -0.158. The van der Waals surface area contributed by atoms with Crippen LogP contribution in [0.3, 0.4) is 0 Å². The van der Waals surface area contributed by atoms with Crippen molar-refractivity contribution < 1.29 is 14.0 Å². The highest BCUT2D eigenvalue weighted by atomic mass is 16.3. The van der Waals surface area contributed by atoms with Crippen molar-refractivity contribution in [1.29, 1.82) is 0 Å². The number of anilines is 1. The molecule has 7 nitrogen and oxygen atoms in total. The van der Waals surface area contributed by atoms with Crippen LogP contribution in [0.25, 0.3) is 0 Å². The third kappa shape index (κ3) is 5.47. The molecular weight excluding hydrogens is 392 g/mol. The molecule has 7 heteroatoms. The molecule has 1 N–H and O–H groups in total. The van der Waals surface area contributed by atoms with Gasteiger partial charge in [-0.25, -0.2) is 0 Å². The summed E-state index contributed by atoms with van der Waals surface area (Å²) < 4.78 is 5.39. The lowest BCUT2D eigenvalue weighted by molar-refractivity contribution is -0.133. The quantitative estimate of drug-likeness (QED) is 0.799. The number of amides is 2. The number of piperazine rings is 1. The van der Waals surface area contributed by atoms with E-state index in [9.17, 15) is 9.59 Å². The third-order valence-electron chi connectivity index (χ3n) is 6.24. The molecule has 1 aromatic carbocycles. The van der Waals surface area contributed by atoms with Crippen molar-refractivity contribution in [2.24, 2.45) is 0 Å². The molecule has 0 bridgehead atoms. The lowest BCUT2D eigenvalue weighted by Gasteiger charge is -2.38. The predicted octanol–water partition coefficient (Wildman–Crippen LogP) is 2.44. The van der Waals surface area contributed by atoms with E-state index in [1.54, 1.807) is 12.1 Å². The normalized spacial score (nSPS) is 18.3. The average Bonchev–Trinajstić information content (AvgIpc) is 3.22. The summed E-state index contributed by atoms with van der Waals surface area (Å²) in [5, 5.41) is 3.05. The van der Waals surface area contributed by atoms with Crippen molar-refractivity contribution in [3.05, 3.63) is 53.5 Å². The van der Waals surface area contributed by atoms with Gasteiger partial charge in [-0.05, 0) is 56.5 Å². The molecule has 2 fully saturated rings. The van der Waals surface area contributed by atoms with Crippen LogP contribution >= 0.6 is 0 Å². The van der Waals surface area contributed by atoms with E-state index in [4.69, 9.17) is 4.42 Å². The lowest BCUT2D eigenvalue weighted by atomic mass is 10.0. The number of nitrogens with one attached hydrogen (secondary N) is 1. The van der Waals surface area contributed by atoms with E-state index in [0.29, 0.717) is 12.3 Å². The molecule has 0 radical (unpaired) electrons. The Hall–Kier alpha value is -2.80. The van der Waals surface area contributed by atoms with Crippen LogP contribution in [-0.4, -0.2) is 73.5 Å². The first-order valence-electron chi connectivity index (χ1n) is 11.2. The number of rotatable bonds is 5. The van der Waals surface area contributed by atoms with Crippen molar-refractivity contribution in [2.45, 2.75) is 32.7 Å². The van der Waals surface area contributed by atoms with Gasteiger partial charge in [-0.1, -0.05) is 12.1 Å². The molecule has 31 heavy (non-hydrogen) atoms. The van der Waals surface area contributed by atoms with Gasteiger partial charge in [0.1, 0.15) is 5.76 Å². The lowest BCUT2D eigenvalue weighted by Crippen LogP contribution is -2.52. The van der Waals surface area contributed by atoms with Crippen LogP contribution in [0.1, 0.15) is 34.7 Å². The molecule has 0 saturated carbocycles. The number of hydrogen-bond acceptors (Lipinski definition) is 5. The van der Waals surface area contributed by atoms with Crippen molar-refractivity contribution in [1.82, 2.24) is 15.1 Å². The first-order chi connectivity index (χ1) is 15.0. The molecule has 0 atom stereocenters. The molecule has 0 spiro atoms. The van der Waals surface area contributed by atoms with Gasteiger partial charge in [-0.3, -0.25) is 14.5 Å². The fourth-order valence-corrected chi connectivity index (χ4v) is 4.38. The standard InChI is InChI=1S/C24H32N4O3/c1-18-4-3-5-21(16-18)27-12-14-28(15-13-27)23(29)17-26-10-8-20(9-11-26)25-24(30)22-7-6-19(2)31-22/h3-7,16,20H,8-15,17H2,1-2H3,(H,25,30). The first kappa shape index (κ1) is 21.4. The zero-order valence-electron chi connectivity index (χ0n) is 18.5. The Morgan fingerprint density at radius 1 is 1.00 bits per heavy atom. The minimum Gasteiger partial charge on any atom is -0.456 e. The molecule has 1 aromatic heterocycles. The number of hydrogen-bond donors (Lipinski definition) is 1. The molecule has 0 unspecified atom stereocenters. The Bertz CT molecular complexity index is 909. The van der Waals surface area contributed by atoms with Gasteiger partial charge in [0, 0.05) is 51.0 Å².